The largest absolute Gasteiger partial charge is 0.255 e. The first-order chi connectivity index (χ1) is 9.88. The molecular formula is C16H17FN2OS. The van der Waals surface area contributed by atoms with Crippen LogP contribution in [0.3, 0.4) is 0 Å². The van der Waals surface area contributed by atoms with Gasteiger partial charge in [-0.3, -0.25) is 4.98 Å². The van der Waals surface area contributed by atoms with Crippen LogP contribution in [0.2, 0.25) is 0 Å². The van der Waals surface area contributed by atoms with Crippen LogP contribution in [0.4, 0.5) is 4.39 Å². The second-order valence-electron chi connectivity index (χ2n) is 5.54. The first-order valence-corrected chi connectivity index (χ1v) is 7.65. The van der Waals surface area contributed by atoms with Crippen molar-refractivity contribution in [1.29, 1.82) is 0 Å². The summed E-state index contributed by atoms with van der Waals surface area (Å²) >= 11 is 0. The number of rotatable bonds is 3. The molecule has 0 saturated heterocycles. The fourth-order valence-corrected chi connectivity index (χ4v) is 2.16. The van der Waals surface area contributed by atoms with Crippen LogP contribution in [0.5, 0.6) is 0 Å². The first kappa shape index (κ1) is 15.5. The number of halogens is 1. The topological polar surface area (TPSA) is 42.3 Å². The van der Waals surface area contributed by atoms with Crippen molar-refractivity contribution < 1.29 is 8.60 Å². The maximum absolute atomic E-state index is 13.0. The van der Waals surface area contributed by atoms with Gasteiger partial charge in [-0.25, -0.2) is 8.60 Å². The number of hydrogen-bond acceptors (Lipinski definition) is 2. The Kier molecular flexibility index (Phi) is 4.63. The number of benzene rings is 1. The zero-order valence-corrected chi connectivity index (χ0v) is 13.0. The Bertz CT molecular complexity index is 675. The Morgan fingerprint density at radius 3 is 2.48 bits per heavy atom. The molecule has 2 rings (SSSR count). The molecule has 5 heteroatoms. The van der Waals surface area contributed by atoms with E-state index in [1.165, 1.54) is 18.3 Å². The van der Waals surface area contributed by atoms with E-state index in [0.717, 1.165) is 11.1 Å². The van der Waals surface area contributed by atoms with Gasteiger partial charge in [-0.2, -0.15) is 4.40 Å². The van der Waals surface area contributed by atoms with Gasteiger partial charge in [0.2, 0.25) is 0 Å². The number of hydrogen-bond donors (Lipinski definition) is 0. The second kappa shape index (κ2) is 6.26. The highest BCUT2D eigenvalue weighted by Gasteiger charge is 2.18. The minimum Gasteiger partial charge on any atom is -0.255 e. The van der Waals surface area contributed by atoms with Crippen molar-refractivity contribution in [3.05, 3.63) is 54.1 Å². The summed E-state index contributed by atoms with van der Waals surface area (Å²) < 4.78 is 28.6. The van der Waals surface area contributed by atoms with Crippen LogP contribution >= 0.6 is 0 Å². The fourth-order valence-electron chi connectivity index (χ4n) is 1.65. The molecule has 0 N–H and O–H groups in total. The summed E-state index contributed by atoms with van der Waals surface area (Å²) in [7, 11) is -1.34. The van der Waals surface area contributed by atoms with Crippen molar-refractivity contribution in [3.63, 3.8) is 0 Å². The quantitative estimate of drug-likeness (QED) is 0.810. The average Bonchev–Trinajstić information content (AvgIpc) is 2.45. The van der Waals surface area contributed by atoms with Crippen molar-refractivity contribution in [2.24, 2.45) is 4.40 Å². The van der Waals surface area contributed by atoms with Gasteiger partial charge in [0.15, 0.2) is 0 Å². The van der Waals surface area contributed by atoms with Crippen LogP contribution in [0.25, 0.3) is 11.1 Å². The molecule has 0 aliphatic heterocycles. The normalized spacial score (nSPS) is 13.5. The minimum absolute atomic E-state index is 0.285. The molecule has 0 radical (unpaired) electrons. The Morgan fingerprint density at radius 1 is 1.19 bits per heavy atom. The summed E-state index contributed by atoms with van der Waals surface area (Å²) in [6.45, 7) is 5.58. The summed E-state index contributed by atoms with van der Waals surface area (Å²) in [6, 6.07) is 9.85. The van der Waals surface area contributed by atoms with Crippen molar-refractivity contribution in [3.8, 4) is 11.1 Å². The molecule has 0 aliphatic rings. The lowest BCUT2D eigenvalue weighted by Gasteiger charge is -2.13. The second-order valence-corrected chi connectivity index (χ2v) is 7.47. The standard InChI is InChI=1S/C16H17FN2OS/c1-16(2,3)21(20)19-11-15-14(5-4-10-18-15)12-6-8-13(17)9-7-12/h4-11H,1-3H3/t21-/m0/s1. The van der Waals surface area contributed by atoms with Crippen LogP contribution in [-0.4, -0.2) is 20.2 Å². The zero-order valence-electron chi connectivity index (χ0n) is 12.2. The zero-order chi connectivity index (χ0) is 15.5. The Morgan fingerprint density at radius 2 is 1.86 bits per heavy atom. The molecule has 110 valence electrons. The monoisotopic (exact) mass is 304 g/mol. The van der Waals surface area contributed by atoms with E-state index >= 15 is 0 Å². The summed E-state index contributed by atoms with van der Waals surface area (Å²) in [6.07, 6.45) is 3.16. The molecular weight excluding hydrogens is 287 g/mol. The first-order valence-electron chi connectivity index (χ1n) is 6.55. The maximum atomic E-state index is 13.0. The lowest BCUT2D eigenvalue weighted by molar-refractivity contribution is 0.628. The van der Waals surface area contributed by atoms with Gasteiger partial charge in [0.1, 0.15) is 16.8 Å². The SMILES string of the molecule is CC(C)(C)[S@](=O)N=Cc1ncccc1-c1ccc(F)cc1. The maximum Gasteiger partial charge on any atom is 0.144 e. The minimum atomic E-state index is -1.34. The Labute approximate surface area is 126 Å². The summed E-state index contributed by atoms with van der Waals surface area (Å²) in [5.41, 5.74) is 2.28. The van der Waals surface area contributed by atoms with Crippen LogP contribution in [-0.2, 0) is 11.0 Å². The number of pyridine rings is 1. The van der Waals surface area contributed by atoms with Gasteiger partial charge >= 0.3 is 0 Å². The molecule has 1 atom stereocenters. The Hall–Kier alpha value is -1.88. The van der Waals surface area contributed by atoms with Crippen molar-refractivity contribution in [2.45, 2.75) is 25.5 Å². The van der Waals surface area contributed by atoms with E-state index in [1.54, 1.807) is 24.4 Å². The third-order valence-corrected chi connectivity index (χ3v) is 4.13. The Balaban J connectivity index is 2.36. The third kappa shape index (κ3) is 4.04. The molecule has 0 amide bonds. The molecule has 0 fully saturated rings. The highest BCUT2D eigenvalue weighted by atomic mass is 32.2. The van der Waals surface area contributed by atoms with Gasteiger partial charge in [0.25, 0.3) is 0 Å². The van der Waals surface area contributed by atoms with E-state index < -0.39 is 15.7 Å². The molecule has 1 heterocycles. The van der Waals surface area contributed by atoms with Crippen LogP contribution in [0, 0.1) is 5.82 Å². The highest BCUT2D eigenvalue weighted by molar-refractivity contribution is 7.85. The molecule has 21 heavy (non-hydrogen) atoms. The van der Waals surface area contributed by atoms with Crippen molar-refractivity contribution >= 4 is 17.2 Å². The molecule has 0 spiro atoms. The van der Waals surface area contributed by atoms with Crippen LogP contribution in [0.15, 0.2) is 47.0 Å². The molecule has 0 unspecified atom stereocenters. The van der Waals surface area contributed by atoms with Crippen LogP contribution in [0.1, 0.15) is 26.5 Å². The molecule has 3 nitrogen and oxygen atoms in total. The van der Waals surface area contributed by atoms with Crippen molar-refractivity contribution in [2.75, 3.05) is 0 Å². The van der Waals surface area contributed by atoms with E-state index in [1.807, 2.05) is 26.8 Å². The molecule has 0 bridgehead atoms. The van der Waals surface area contributed by atoms with E-state index in [2.05, 4.69) is 9.38 Å². The van der Waals surface area contributed by atoms with E-state index in [4.69, 9.17) is 0 Å². The summed E-state index contributed by atoms with van der Waals surface area (Å²) in [5, 5.41) is 0. The summed E-state index contributed by atoms with van der Waals surface area (Å²) in [4.78, 5) is 4.25. The van der Waals surface area contributed by atoms with Gasteiger partial charge in [-0.1, -0.05) is 18.2 Å². The van der Waals surface area contributed by atoms with Gasteiger partial charge in [-0.05, 0) is 44.5 Å². The predicted octanol–water partition coefficient (Wildman–Crippen LogP) is 3.77. The third-order valence-electron chi connectivity index (χ3n) is 2.79. The number of nitrogens with zero attached hydrogens (tertiary/aromatic N) is 2. The molecule has 1 aromatic carbocycles. The average molecular weight is 304 g/mol. The number of aromatic nitrogens is 1. The van der Waals surface area contributed by atoms with Gasteiger partial charge in [0.05, 0.1) is 16.7 Å². The summed E-state index contributed by atoms with van der Waals surface area (Å²) in [5.74, 6) is -0.285. The fraction of sp³-hybridized carbons (Fsp3) is 0.250. The molecule has 0 saturated carbocycles. The van der Waals surface area contributed by atoms with Gasteiger partial charge in [0, 0.05) is 11.8 Å². The molecule has 2 aromatic rings. The predicted molar refractivity (Wildman–Crippen MR) is 85.1 cm³/mol. The lowest BCUT2D eigenvalue weighted by Crippen LogP contribution is -2.19. The van der Waals surface area contributed by atoms with E-state index in [0.29, 0.717) is 5.69 Å². The van der Waals surface area contributed by atoms with Crippen LogP contribution < -0.4 is 0 Å². The van der Waals surface area contributed by atoms with Crippen molar-refractivity contribution in [1.82, 2.24) is 4.98 Å². The van der Waals surface area contributed by atoms with E-state index in [-0.39, 0.29) is 5.82 Å². The van der Waals surface area contributed by atoms with Gasteiger partial charge < -0.3 is 0 Å². The highest BCUT2D eigenvalue weighted by Crippen LogP contribution is 2.22. The van der Waals surface area contributed by atoms with Gasteiger partial charge in [-0.15, -0.1) is 0 Å². The smallest absolute Gasteiger partial charge is 0.144 e. The molecule has 1 aromatic heterocycles. The molecule has 0 aliphatic carbocycles. The van der Waals surface area contributed by atoms with E-state index in [9.17, 15) is 8.60 Å². The lowest BCUT2D eigenvalue weighted by atomic mass is 10.0.